The molecule has 0 fully saturated rings. The molecule has 1 atom stereocenters. The molecular weight excluding hydrogens is 247 g/mol. The fourth-order valence-electron chi connectivity index (χ4n) is 1.50. The highest BCUT2D eigenvalue weighted by atomic mass is 19.1. The fourth-order valence-corrected chi connectivity index (χ4v) is 1.50. The van der Waals surface area contributed by atoms with E-state index in [0.29, 0.717) is 12.3 Å². The first-order valence-electron chi connectivity index (χ1n) is 6.24. The average molecular weight is 266 g/mol. The van der Waals surface area contributed by atoms with Gasteiger partial charge < -0.3 is 15.2 Å². The normalized spacial score (nSPS) is 13.6. The molecule has 0 heterocycles. The smallest absolute Gasteiger partial charge is 0.144 e. The first-order chi connectivity index (χ1) is 8.98. The van der Waals surface area contributed by atoms with Crippen molar-refractivity contribution in [3.63, 3.8) is 0 Å². The number of nitrogens with one attached hydrogen (secondary N) is 1. The Morgan fingerprint density at radius 3 is 2.84 bits per heavy atom. The summed E-state index contributed by atoms with van der Waals surface area (Å²) in [6.07, 6.45) is 0.984. The number of nitriles is 1. The van der Waals surface area contributed by atoms with Crippen molar-refractivity contribution in [1.29, 1.82) is 5.26 Å². The van der Waals surface area contributed by atoms with Crippen molar-refractivity contribution in [2.45, 2.75) is 25.9 Å². The van der Waals surface area contributed by atoms with Gasteiger partial charge in [0.05, 0.1) is 5.56 Å². The van der Waals surface area contributed by atoms with Gasteiger partial charge in [0.2, 0.25) is 0 Å². The average Bonchev–Trinajstić information content (AvgIpc) is 2.37. The summed E-state index contributed by atoms with van der Waals surface area (Å²) >= 11 is 0. The van der Waals surface area contributed by atoms with E-state index in [9.17, 15) is 9.50 Å². The maximum atomic E-state index is 13.3. The zero-order valence-electron chi connectivity index (χ0n) is 11.2. The Kier molecular flexibility index (Phi) is 5.74. The predicted octanol–water partition coefficient (Wildman–Crippen LogP) is 1.83. The molecule has 0 saturated carbocycles. The summed E-state index contributed by atoms with van der Waals surface area (Å²) in [6, 6.07) is 5.75. The molecule has 0 amide bonds. The molecule has 0 radical (unpaired) electrons. The SMILES string of the molecule is CCCNCC(C)(O)COc1ccc(C#N)c(F)c1. The maximum Gasteiger partial charge on any atom is 0.144 e. The van der Waals surface area contributed by atoms with Crippen LogP contribution in [0.4, 0.5) is 4.39 Å². The van der Waals surface area contributed by atoms with Gasteiger partial charge in [-0.1, -0.05) is 6.92 Å². The largest absolute Gasteiger partial charge is 0.490 e. The summed E-state index contributed by atoms with van der Waals surface area (Å²) < 4.78 is 18.7. The molecule has 4 nitrogen and oxygen atoms in total. The number of hydrogen-bond acceptors (Lipinski definition) is 4. The summed E-state index contributed by atoms with van der Waals surface area (Å²) in [6.45, 7) is 4.96. The van der Waals surface area contributed by atoms with Gasteiger partial charge in [-0.2, -0.15) is 5.26 Å². The first-order valence-corrected chi connectivity index (χ1v) is 6.24. The van der Waals surface area contributed by atoms with Crippen molar-refractivity contribution >= 4 is 0 Å². The molecule has 0 bridgehead atoms. The van der Waals surface area contributed by atoms with Crippen molar-refractivity contribution in [3.05, 3.63) is 29.6 Å². The summed E-state index contributed by atoms with van der Waals surface area (Å²) in [7, 11) is 0. The third-order valence-corrected chi connectivity index (χ3v) is 2.54. The minimum atomic E-state index is -1.03. The monoisotopic (exact) mass is 266 g/mol. The molecule has 0 aromatic heterocycles. The van der Waals surface area contributed by atoms with Gasteiger partial charge in [0.15, 0.2) is 0 Å². The molecule has 0 aliphatic heterocycles. The van der Waals surface area contributed by atoms with Crippen molar-refractivity contribution in [2.75, 3.05) is 19.7 Å². The van der Waals surface area contributed by atoms with E-state index >= 15 is 0 Å². The lowest BCUT2D eigenvalue weighted by atomic mass is 10.1. The van der Waals surface area contributed by atoms with Crippen LogP contribution in [0.5, 0.6) is 5.75 Å². The van der Waals surface area contributed by atoms with E-state index in [-0.39, 0.29) is 12.2 Å². The molecule has 2 N–H and O–H groups in total. The van der Waals surface area contributed by atoms with Crippen LogP contribution in [0, 0.1) is 17.1 Å². The van der Waals surface area contributed by atoms with Crippen LogP contribution in [0.15, 0.2) is 18.2 Å². The third-order valence-electron chi connectivity index (χ3n) is 2.54. The summed E-state index contributed by atoms with van der Waals surface area (Å²) in [5.41, 5.74) is -1.05. The second kappa shape index (κ2) is 7.07. The number of ether oxygens (including phenoxy) is 1. The lowest BCUT2D eigenvalue weighted by Gasteiger charge is -2.23. The third kappa shape index (κ3) is 5.25. The Balaban J connectivity index is 2.52. The van der Waals surface area contributed by atoms with Crippen LogP contribution in [-0.2, 0) is 0 Å². The zero-order chi connectivity index (χ0) is 14.3. The number of hydrogen-bond donors (Lipinski definition) is 2. The van der Waals surface area contributed by atoms with E-state index in [1.165, 1.54) is 12.1 Å². The molecule has 0 saturated heterocycles. The van der Waals surface area contributed by atoms with Crippen LogP contribution < -0.4 is 10.1 Å². The molecule has 0 spiro atoms. The van der Waals surface area contributed by atoms with Gasteiger partial charge in [-0.3, -0.25) is 0 Å². The van der Waals surface area contributed by atoms with E-state index in [1.807, 2.05) is 6.92 Å². The molecule has 1 aromatic rings. The quantitative estimate of drug-likeness (QED) is 0.739. The molecule has 0 aliphatic carbocycles. The highest BCUT2D eigenvalue weighted by molar-refractivity contribution is 5.36. The van der Waals surface area contributed by atoms with E-state index in [1.54, 1.807) is 13.0 Å². The van der Waals surface area contributed by atoms with Gasteiger partial charge in [-0.05, 0) is 32.0 Å². The van der Waals surface area contributed by atoms with Crippen molar-refractivity contribution in [2.24, 2.45) is 0 Å². The number of aliphatic hydroxyl groups is 1. The maximum absolute atomic E-state index is 13.3. The predicted molar refractivity (Wildman–Crippen MR) is 70.4 cm³/mol. The fraction of sp³-hybridized carbons (Fsp3) is 0.500. The number of rotatable bonds is 7. The molecule has 1 unspecified atom stereocenters. The van der Waals surface area contributed by atoms with Gasteiger partial charge >= 0.3 is 0 Å². The molecule has 0 aliphatic rings. The molecule has 1 aromatic carbocycles. The first kappa shape index (κ1) is 15.4. The molecule has 104 valence electrons. The van der Waals surface area contributed by atoms with E-state index < -0.39 is 11.4 Å². The van der Waals surface area contributed by atoms with Gasteiger partial charge in [-0.15, -0.1) is 0 Å². The van der Waals surface area contributed by atoms with Crippen LogP contribution in [0.25, 0.3) is 0 Å². The van der Waals surface area contributed by atoms with Crippen LogP contribution >= 0.6 is 0 Å². The Bertz CT molecular complexity index is 455. The standard InChI is InChI=1S/C14H19FN2O2/c1-3-6-17-9-14(2,18)10-19-12-5-4-11(8-16)13(15)7-12/h4-5,7,17-18H,3,6,9-10H2,1-2H3. The second-order valence-corrected chi connectivity index (χ2v) is 4.72. The van der Waals surface area contributed by atoms with Gasteiger partial charge in [0, 0.05) is 12.6 Å². The Morgan fingerprint density at radius 1 is 1.53 bits per heavy atom. The minimum Gasteiger partial charge on any atom is -0.490 e. The summed E-state index contributed by atoms with van der Waals surface area (Å²) in [4.78, 5) is 0. The molecule has 5 heteroatoms. The highest BCUT2D eigenvalue weighted by Crippen LogP contribution is 2.17. The molecule has 1 rings (SSSR count). The Morgan fingerprint density at radius 2 is 2.26 bits per heavy atom. The van der Waals surface area contributed by atoms with Gasteiger partial charge in [0.25, 0.3) is 0 Å². The molecule has 19 heavy (non-hydrogen) atoms. The Hall–Kier alpha value is -1.64. The number of benzene rings is 1. The number of halogens is 1. The van der Waals surface area contributed by atoms with Crippen molar-refractivity contribution in [3.8, 4) is 11.8 Å². The summed E-state index contributed by atoms with van der Waals surface area (Å²) in [5, 5.41) is 21.7. The van der Waals surface area contributed by atoms with Crippen molar-refractivity contribution in [1.82, 2.24) is 5.32 Å². The van der Waals surface area contributed by atoms with Gasteiger partial charge in [0.1, 0.15) is 29.8 Å². The van der Waals surface area contributed by atoms with E-state index in [4.69, 9.17) is 10.00 Å². The van der Waals surface area contributed by atoms with Crippen LogP contribution in [0.2, 0.25) is 0 Å². The minimum absolute atomic E-state index is 0.0243. The van der Waals surface area contributed by atoms with Crippen molar-refractivity contribution < 1.29 is 14.2 Å². The number of nitrogens with zero attached hydrogens (tertiary/aromatic N) is 1. The van der Waals surface area contributed by atoms with Crippen LogP contribution in [0.3, 0.4) is 0 Å². The van der Waals surface area contributed by atoms with E-state index in [2.05, 4.69) is 5.32 Å². The highest BCUT2D eigenvalue weighted by Gasteiger charge is 2.21. The Labute approximate surface area is 112 Å². The summed E-state index contributed by atoms with van der Waals surface area (Å²) in [5.74, 6) is -0.323. The lowest BCUT2D eigenvalue weighted by molar-refractivity contribution is 0.0124. The second-order valence-electron chi connectivity index (χ2n) is 4.72. The molecular formula is C14H19FN2O2. The van der Waals surface area contributed by atoms with Crippen LogP contribution in [0.1, 0.15) is 25.8 Å². The topological polar surface area (TPSA) is 65.3 Å². The van der Waals surface area contributed by atoms with Crippen LogP contribution in [-0.4, -0.2) is 30.4 Å². The van der Waals surface area contributed by atoms with E-state index in [0.717, 1.165) is 19.0 Å². The lowest BCUT2D eigenvalue weighted by Crippen LogP contribution is -2.43. The van der Waals surface area contributed by atoms with Gasteiger partial charge in [-0.25, -0.2) is 4.39 Å². The zero-order valence-corrected chi connectivity index (χ0v) is 11.2.